The third-order valence-electron chi connectivity index (χ3n) is 5.17. The Hall–Kier alpha value is -0.740. The molecule has 2 aliphatic carbocycles. The van der Waals surface area contributed by atoms with Gasteiger partial charge in [0.15, 0.2) is 11.6 Å². The van der Waals surface area contributed by atoms with Gasteiger partial charge in [0.25, 0.3) is 0 Å². The maximum Gasteiger partial charge on any atom is 0.161 e. The molecule has 0 aromatic heterocycles. The van der Waals surface area contributed by atoms with Crippen LogP contribution in [0.3, 0.4) is 0 Å². The highest BCUT2D eigenvalue weighted by Crippen LogP contribution is 2.18. The number of hydrogen-bond acceptors (Lipinski definition) is 4. The molecule has 4 nitrogen and oxygen atoms in total. The number of rotatable bonds is 7. The Morgan fingerprint density at radius 3 is 1.50 bits per heavy atom. The monoisotopic (exact) mass is 338 g/mol. The second-order valence-electron chi connectivity index (χ2n) is 7.26. The van der Waals surface area contributed by atoms with E-state index in [2.05, 4.69) is 0 Å². The van der Waals surface area contributed by atoms with Crippen molar-refractivity contribution < 1.29 is 19.1 Å². The van der Waals surface area contributed by atoms with E-state index < -0.39 is 0 Å². The fourth-order valence-corrected chi connectivity index (χ4v) is 3.62. The summed E-state index contributed by atoms with van der Waals surface area (Å²) in [5, 5.41) is 0. The Morgan fingerprint density at radius 1 is 0.625 bits per heavy atom. The van der Waals surface area contributed by atoms with Gasteiger partial charge in [-0.15, -0.1) is 0 Å². The van der Waals surface area contributed by atoms with E-state index in [9.17, 15) is 9.59 Å². The van der Waals surface area contributed by atoms with E-state index in [4.69, 9.17) is 9.47 Å². The van der Waals surface area contributed by atoms with Crippen LogP contribution in [0, 0.1) is 0 Å². The smallest absolute Gasteiger partial charge is 0.161 e. The highest BCUT2D eigenvalue weighted by atomic mass is 16.5. The SMILES string of the molecule is O=C1CCCCCCC1OCCCCOC1CCCCCCC1=O. The van der Waals surface area contributed by atoms with Gasteiger partial charge in [-0.2, -0.15) is 0 Å². The minimum absolute atomic E-state index is 0.182. The van der Waals surface area contributed by atoms with Crippen LogP contribution in [-0.4, -0.2) is 37.0 Å². The van der Waals surface area contributed by atoms with Crippen LogP contribution in [0.25, 0.3) is 0 Å². The number of Topliss-reactive ketones (excluding diaryl/α,β-unsaturated/α-hetero) is 2. The summed E-state index contributed by atoms with van der Waals surface area (Å²) in [7, 11) is 0. The average Bonchev–Trinajstić information content (AvgIpc) is 2.55. The van der Waals surface area contributed by atoms with Crippen molar-refractivity contribution in [2.24, 2.45) is 0 Å². The zero-order valence-corrected chi connectivity index (χ0v) is 15.1. The first-order chi connectivity index (χ1) is 11.8. The molecule has 0 bridgehead atoms. The van der Waals surface area contributed by atoms with Crippen LogP contribution >= 0.6 is 0 Å². The molecule has 0 heterocycles. The Kier molecular flexibility index (Phi) is 9.59. The lowest BCUT2D eigenvalue weighted by Crippen LogP contribution is -2.27. The lowest BCUT2D eigenvalue weighted by atomic mass is 9.97. The molecule has 0 amide bonds. The predicted octanol–water partition coefficient (Wildman–Crippen LogP) is 4.38. The van der Waals surface area contributed by atoms with E-state index in [0.717, 1.165) is 51.4 Å². The Bertz CT molecular complexity index is 344. The molecule has 0 aromatic rings. The fraction of sp³-hybridized carbons (Fsp3) is 0.900. The number of ketones is 2. The van der Waals surface area contributed by atoms with Gasteiger partial charge in [0.05, 0.1) is 0 Å². The maximum atomic E-state index is 12.0. The van der Waals surface area contributed by atoms with E-state index >= 15 is 0 Å². The standard InChI is InChI=1S/C20H34O4/c21-17-11-5-1-3-7-13-19(17)23-15-9-10-16-24-20-14-8-4-2-6-12-18(20)22/h19-20H,1-16H2. The van der Waals surface area contributed by atoms with Crippen LogP contribution < -0.4 is 0 Å². The summed E-state index contributed by atoms with van der Waals surface area (Å²) < 4.78 is 11.6. The highest BCUT2D eigenvalue weighted by Gasteiger charge is 2.21. The summed E-state index contributed by atoms with van der Waals surface area (Å²) >= 11 is 0. The van der Waals surface area contributed by atoms with E-state index in [1.54, 1.807) is 0 Å². The number of ether oxygens (including phenoxy) is 2. The number of carbonyl (C=O) groups is 2. The van der Waals surface area contributed by atoms with Crippen molar-refractivity contribution in [1.82, 2.24) is 0 Å². The second-order valence-corrected chi connectivity index (χ2v) is 7.26. The van der Waals surface area contributed by atoms with E-state index in [0.29, 0.717) is 26.1 Å². The van der Waals surface area contributed by atoms with Crippen molar-refractivity contribution in [3.63, 3.8) is 0 Å². The highest BCUT2D eigenvalue weighted by molar-refractivity contribution is 5.83. The zero-order chi connectivity index (χ0) is 17.0. The minimum atomic E-state index is -0.182. The predicted molar refractivity (Wildman–Crippen MR) is 94.1 cm³/mol. The lowest BCUT2D eigenvalue weighted by Gasteiger charge is -2.20. The Balaban J connectivity index is 1.55. The molecule has 24 heavy (non-hydrogen) atoms. The van der Waals surface area contributed by atoms with Gasteiger partial charge < -0.3 is 9.47 Å². The van der Waals surface area contributed by atoms with Crippen molar-refractivity contribution >= 4 is 11.6 Å². The summed E-state index contributed by atoms with van der Waals surface area (Å²) in [5.41, 5.74) is 0. The molecule has 0 N–H and O–H groups in total. The molecule has 2 atom stereocenters. The molecule has 2 rings (SSSR count). The molecule has 2 saturated carbocycles. The third-order valence-corrected chi connectivity index (χ3v) is 5.17. The van der Waals surface area contributed by atoms with Gasteiger partial charge in [-0.3, -0.25) is 9.59 Å². The molecule has 0 spiro atoms. The van der Waals surface area contributed by atoms with Crippen molar-refractivity contribution in [3.05, 3.63) is 0 Å². The molecule has 138 valence electrons. The van der Waals surface area contributed by atoms with Crippen LogP contribution in [-0.2, 0) is 19.1 Å². The molecule has 0 saturated heterocycles. The first-order valence-corrected chi connectivity index (χ1v) is 10.1. The second kappa shape index (κ2) is 11.8. The van der Waals surface area contributed by atoms with E-state index in [1.165, 1.54) is 25.7 Å². The zero-order valence-electron chi connectivity index (χ0n) is 15.1. The van der Waals surface area contributed by atoms with Crippen LogP contribution in [0.15, 0.2) is 0 Å². The molecule has 0 aromatic carbocycles. The average molecular weight is 338 g/mol. The van der Waals surface area contributed by atoms with Gasteiger partial charge in [0, 0.05) is 26.1 Å². The lowest BCUT2D eigenvalue weighted by molar-refractivity contribution is -0.133. The van der Waals surface area contributed by atoms with Crippen molar-refractivity contribution in [2.75, 3.05) is 13.2 Å². The van der Waals surface area contributed by atoms with Gasteiger partial charge in [-0.05, 0) is 38.5 Å². The topological polar surface area (TPSA) is 52.6 Å². The maximum absolute atomic E-state index is 12.0. The van der Waals surface area contributed by atoms with Crippen molar-refractivity contribution in [2.45, 2.75) is 102 Å². The summed E-state index contributed by atoms with van der Waals surface area (Å²) in [6.07, 6.45) is 13.6. The molecule has 2 fully saturated rings. The summed E-state index contributed by atoms with van der Waals surface area (Å²) in [5.74, 6) is 0.567. The number of unbranched alkanes of at least 4 members (excludes halogenated alkanes) is 1. The van der Waals surface area contributed by atoms with Crippen LogP contribution in [0.4, 0.5) is 0 Å². The molecular formula is C20H34O4. The molecule has 4 heteroatoms. The molecule has 0 radical (unpaired) electrons. The Morgan fingerprint density at radius 2 is 1.04 bits per heavy atom. The molecular weight excluding hydrogens is 304 g/mol. The third kappa shape index (κ3) is 7.43. The largest absolute Gasteiger partial charge is 0.370 e. The van der Waals surface area contributed by atoms with Gasteiger partial charge in [-0.1, -0.05) is 38.5 Å². The first-order valence-electron chi connectivity index (χ1n) is 10.1. The normalized spacial score (nSPS) is 27.2. The van der Waals surface area contributed by atoms with Crippen LogP contribution in [0.2, 0.25) is 0 Å². The molecule has 2 unspecified atom stereocenters. The quantitative estimate of drug-likeness (QED) is 0.646. The molecule has 0 aliphatic heterocycles. The fourth-order valence-electron chi connectivity index (χ4n) is 3.62. The first kappa shape index (κ1) is 19.6. The van der Waals surface area contributed by atoms with E-state index in [-0.39, 0.29) is 23.8 Å². The van der Waals surface area contributed by atoms with E-state index in [1.807, 2.05) is 0 Å². The molecule has 2 aliphatic rings. The Labute approximate surface area is 146 Å². The van der Waals surface area contributed by atoms with Crippen LogP contribution in [0.5, 0.6) is 0 Å². The number of hydrogen-bond donors (Lipinski definition) is 0. The van der Waals surface area contributed by atoms with Crippen LogP contribution in [0.1, 0.15) is 89.9 Å². The van der Waals surface area contributed by atoms with Crippen molar-refractivity contribution in [1.29, 1.82) is 0 Å². The minimum Gasteiger partial charge on any atom is -0.370 e. The van der Waals surface area contributed by atoms with Gasteiger partial charge >= 0.3 is 0 Å². The van der Waals surface area contributed by atoms with Gasteiger partial charge in [-0.25, -0.2) is 0 Å². The van der Waals surface area contributed by atoms with Gasteiger partial charge in [0.2, 0.25) is 0 Å². The van der Waals surface area contributed by atoms with Crippen molar-refractivity contribution in [3.8, 4) is 0 Å². The summed E-state index contributed by atoms with van der Waals surface area (Å²) in [6.45, 7) is 1.25. The summed E-state index contributed by atoms with van der Waals surface area (Å²) in [4.78, 5) is 24.0. The van der Waals surface area contributed by atoms with Gasteiger partial charge in [0.1, 0.15) is 12.2 Å². The summed E-state index contributed by atoms with van der Waals surface area (Å²) in [6, 6.07) is 0. The number of carbonyl (C=O) groups excluding carboxylic acids is 2.